The summed E-state index contributed by atoms with van der Waals surface area (Å²) in [6.07, 6.45) is 0. The molecular weight excluding hydrogens is 156 g/mol. The highest BCUT2D eigenvalue weighted by atomic mass is 28.3. The van der Waals surface area contributed by atoms with Gasteiger partial charge in [-0.3, -0.25) is 20.2 Å². The molecule has 0 saturated heterocycles. The van der Waals surface area contributed by atoms with Crippen LogP contribution in [-0.2, 0) is 0 Å². The molecule has 0 aromatic heterocycles. The zero-order chi connectivity index (χ0) is 9.07. The first kappa shape index (κ1) is 11.1. The van der Waals surface area contributed by atoms with Crippen LogP contribution in [0.4, 0.5) is 0 Å². The summed E-state index contributed by atoms with van der Waals surface area (Å²) in [5.74, 6) is 0. The SMILES string of the molecule is CN(C)N[Si](C)(C)NN(C)C. The largest absolute Gasteiger partial charge is 0.261 e. The van der Waals surface area contributed by atoms with Crippen molar-refractivity contribution in [1.82, 2.24) is 20.2 Å². The fourth-order valence-electron chi connectivity index (χ4n) is 1.14. The van der Waals surface area contributed by atoms with E-state index in [0.717, 1.165) is 0 Å². The minimum Gasteiger partial charge on any atom is -0.261 e. The fraction of sp³-hybridized carbons (Fsp3) is 1.00. The molecule has 0 aliphatic rings. The molecule has 0 aromatic rings. The van der Waals surface area contributed by atoms with Gasteiger partial charge in [-0.05, 0) is 13.1 Å². The Balaban J connectivity index is 3.79. The molecule has 0 rings (SSSR count). The highest BCUT2D eigenvalue weighted by molar-refractivity contribution is 6.72. The van der Waals surface area contributed by atoms with E-state index in [4.69, 9.17) is 0 Å². The fourth-order valence-corrected chi connectivity index (χ4v) is 3.43. The average molecular weight is 176 g/mol. The van der Waals surface area contributed by atoms with Gasteiger partial charge in [0.05, 0.1) is 0 Å². The van der Waals surface area contributed by atoms with Gasteiger partial charge in [0.1, 0.15) is 0 Å². The summed E-state index contributed by atoms with van der Waals surface area (Å²) in [6.45, 7) is 4.43. The number of hydrazine groups is 2. The van der Waals surface area contributed by atoms with Gasteiger partial charge in [0, 0.05) is 28.2 Å². The molecule has 0 saturated carbocycles. The number of hydrogen-bond acceptors (Lipinski definition) is 4. The molecule has 4 nitrogen and oxygen atoms in total. The number of hydrogen-bond donors (Lipinski definition) is 2. The van der Waals surface area contributed by atoms with Gasteiger partial charge in [0.25, 0.3) is 0 Å². The van der Waals surface area contributed by atoms with Crippen LogP contribution in [0.15, 0.2) is 0 Å². The van der Waals surface area contributed by atoms with Crippen molar-refractivity contribution in [2.24, 2.45) is 0 Å². The van der Waals surface area contributed by atoms with E-state index in [-0.39, 0.29) is 0 Å². The van der Waals surface area contributed by atoms with E-state index in [9.17, 15) is 0 Å². The first-order valence-electron chi connectivity index (χ1n) is 3.74. The predicted molar refractivity (Wildman–Crippen MR) is 51.1 cm³/mol. The van der Waals surface area contributed by atoms with Crippen molar-refractivity contribution < 1.29 is 0 Å². The third kappa shape index (κ3) is 6.45. The van der Waals surface area contributed by atoms with E-state index >= 15 is 0 Å². The van der Waals surface area contributed by atoms with Crippen LogP contribution in [0.1, 0.15) is 0 Å². The minimum atomic E-state index is -1.48. The van der Waals surface area contributed by atoms with E-state index in [1.54, 1.807) is 0 Å². The van der Waals surface area contributed by atoms with E-state index in [1.807, 2.05) is 38.2 Å². The Morgan fingerprint density at radius 1 is 0.818 bits per heavy atom. The van der Waals surface area contributed by atoms with Gasteiger partial charge in [0.2, 0.25) is 8.40 Å². The van der Waals surface area contributed by atoms with Crippen molar-refractivity contribution in [3.63, 3.8) is 0 Å². The summed E-state index contributed by atoms with van der Waals surface area (Å²) in [5.41, 5.74) is 0. The number of rotatable bonds is 4. The van der Waals surface area contributed by atoms with Crippen molar-refractivity contribution in [2.45, 2.75) is 13.1 Å². The average Bonchev–Trinajstić information content (AvgIpc) is 1.53. The summed E-state index contributed by atoms with van der Waals surface area (Å²) in [6, 6.07) is 0. The highest BCUT2D eigenvalue weighted by Gasteiger charge is 2.21. The van der Waals surface area contributed by atoms with Crippen LogP contribution in [0.3, 0.4) is 0 Å². The Morgan fingerprint density at radius 3 is 1.27 bits per heavy atom. The van der Waals surface area contributed by atoms with Crippen LogP contribution in [0.2, 0.25) is 13.1 Å². The van der Waals surface area contributed by atoms with Crippen LogP contribution in [0.25, 0.3) is 0 Å². The van der Waals surface area contributed by atoms with Crippen molar-refractivity contribution >= 4 is 8.40 Å². The molecular formula is C6H20N4Si. The highest BCUT2D eigenvalue weighted by Crippen LogP contribution is 1.91. The lowest BCUT2D eigenvalue weighted by molar-refractivity contribution is 0.317. The molecule has 0 fully saturated rings. The Labute approximate surface area is 70.7 Å². The minimum absolute atomic E-state index is 1.48. The second-order valence-corrected chi connectivity index (χ2v) is 7.33. The van der Waals surface area contributed by atoms with Crippen molar-refractivity contribution in [3.8, 4) is 0 Å². The van der Waals surface area contributed by atoms with E-state index < -0.39 is 8.40 Å². The number of nitrogens with zero attached hydrogens (tertiary/aromatic N) is 2. The normalized spacial score (nSPS) is 13.1. The summed E-state index contributed by atoms with van der Waals surface area (Å²) >= 11 is 0. The Bertz CT molecular complexity index is 101. The Kier molecular flexibility index (Phi) is 4.20. The molecule has 0 heterocycles. The van der Waals surface area contributed by atoms with Crippen LogP contribution in [0, 0.1) is 0 Å². The Morgan fingerprint density at radius 2 is 1.09 bits per heavy atom. The zero-order valence-electron chi connectivity index (χ0n) is 8.39. The first-order valence-corrected chi connectivity index (χ1v) is 6.74. The molecule has 0 atom stereocenters. The second-order valence-electron chi connectivity index (χ2n) is 3.64. The standard InChI is InChI=1S/C6H20N4Si/c1-9(2)7-11(5,6)8-10(3)4/h7-8H,1-6H3. The van der Waals surface area contributed by atoms with Gasteiger partial charge in [-0.25, -0.2) is 0 Å². The van der Waals surface area contributed by atoms with Gasteiger partial charge in [-0.2, -0.15) is 0 Å². The topological polar surface area (TPSA) is 30.5 Å². The van der Waals surface area contributed by atoms with Crippen molar-refractivity contribution in [1.29, 1.82) is 0 Å². The molecule has 5 heteroatoms. The van der Waals surface area contributed by atoms with Gasteiger partial charge >= 0.3 is 0 Å². The van der Waals surface area contributed by atoms with Crippen LogP contribution in [-0.4, -0.2) is 46.6 Å². The van der Waals surface area contributed by atoms with E-state index in [0.29, 0.717) is 0 Å². The quantitative estimate of drug-likeness (QED) is 0.459. The van der Waals surface area contributed by atoms with Gasteiger partial charge in [-0.1, -0.05) is 0 Å². The third-order valence-corrected chi connectivity index (χ3v) is 3.02. The summed E-state index contributed by atoms with van der Waals surface area (Å²) in [7, 11) is 6.55. The lowest BCUT2D eigenvalue weighted by Crippen LogP contribution is -2.65. The summed E-state index contributed by atoms with van der Waals surface area (Å²) in [5, 5.41) is 10.7. The number of nitrogens with one attached hydrogen (secondary N) is 2. The second kappa shape index (κ2) is 4.17. The lowest BCUT2D eigenvalue weighted by Gasteiger charge is -2.31. The van der Waals surface area contributed by atoms with Crippen molar-refractivity contribution in [3.05, 3.63) is 0 Å². The molecule has 0 radical (unpaired) electrons. The monoisotopic (exact) mass is 176 g/mol. The molecule has 68 valence electrons. The molecule has 0 aliphatic carbocycles. The maximum Gasteiger partial charge on any atom is 0.222 e. The molecule has 0 aliphatic heterocycles. The smallest absolute Gasteiger partial charge is 0.222 e. The molecule has 0 bridgehead atoms. The summed E-state index contributed by atoms with van der Waals surface area (Å²) < 4.78 is 0. The molecule has 0 aromatic carbocycles. The van der Waals surface area contributed by atoms with Gasteiger partial charge in [0.15, 0.2) is 0 Å². The molecule has 0 amide bonds. The van der Waals surface area contributed by atoms with E-state index in [1.165, 1.54) is 0 Å². The maximum absolute atomic E-state index is 3.37. The van der Waals surface area contributed by atoms with Crippen LogP contribution >= 0.6 is 0 Å². The van der Waals surface area contributed by atoms with E-state index in [2.05, 4.69) is 23.3 Å². The first-order chi connectivity index (χ1) is 4.83. The Hall–Kier alpha value is 0.0569. The summed E-state index contributed by atoms with van der Waals surface area (Å²) in [4.78, 5) is 0. The molecule has 0 unspecified atom stereocenters. The van der Waals surface area contributed by atoms with Crippen LogP contribution < -0.4 is 10.2 Å². The predicted octanol–water partition coefficient (Wildman–Crippen LogP) is -0.179. The lowest BCUT2D eigenvalue weighted by atomic mass is 11.2. The van der Waals surface area contributed by atoms with Crippen molar-refractivity contribution in [2.75, 3.05) is 28.2 Å². The molecule has 0 spiro atoms. The molecule has 2 N–H and O–H groups in total. The van der Waals surface area contributed by atoms with Gasteiger partial charge in [-0.15, -0.1) is 0 Å². The molecule has 11 heavy (non-hydrogen) atoms. The van der Waals surface area contributed by atoms with Crippen LogP contribution in [0.5, 0.6) is 0 Å². The maximum atomic E-state index is 3.37. The zero-order valence-corrected chi connectivity index (χ0v) is 9.39. The third-order valence-electron chi connectivity index (χ3n) is 1.01. The van der Waals surface area contributed by atoms with Gasteiger partial charge < -0.3 is 0 Å².